The van der Waals surface area contributed by atoms with E-state index in [1.54, 1.807) is 0 Å². The van der Waals surface area contributed by atoms with Crippen LogP contribution in [0.3, 0.4) is 0 Å². The molecule has 1 aromatic heterocycles. The topological polar surface area (TPSA) is 43.2 Å². The Morgan fingerprint density at radius 1 is 0.923 bits per heavy atom. The summed E-state index contributed by atoms with van der Waals surface area (Å²) in [5.41, 5.74) is 5.09. The number of hydrogen-bond acceptors (Lipinski definition) is 3. The summed E-state index contributed by atoms with van der Waals surface area (Å²) < 4.78 is 8.13. The van der Waals surface area contributed by atoms with Crippen molar-refractivity contribution in [2.45, 2.75) is 18.6 Å². The summed E-state index contributed by atoms with van der Waals surface area (Å²) in [6.07, 6.45) is 0. The van der Waals surface area contributed by atoms with E-state index in [0.29, 0.717) is 6.61 Å². The van der Waals surface area contributed by atoms with Crippen molar-refractivity contribution in [3.8, 4) is 0 Å². The summed E-state index contributed by atoms with van der Waals surface area (Å²) in [5, 5.41) is 8.88. The molecule has 1 aliphatic rings. The first-order chi connectivity index (χ1) is 12.8. The van der Waals surface area contributed by atoms with E-state index in [0.717, 1.165) is 11.0 Å². The number of ether oxygens (including phenoxy) is 1. The number of aromatic nitrogens is 3. The van der Waals surface area contributed by atoms with Gasteiger partial charge in [0, 0.05) is 0 Å². The van der Waals surface area contributed by atoms with Gasteiger partial charge < -0.3 is 4.74 Å². The summed E-state index contributed by atoms with van der Waals surface area (Å²) in [6, 6.07) is 27.0. The maximum absolute atomic E-state index is 6.12. The van der Waals surface area contributed by atoms with Crippen molar-refractivity contribution >= 4 is 11.0 Å². The van der Waals surface area contributed by atoms with Crippen molar-refractivity contribution < 1.29 is 4.74 Å². The van der Waals surface area contributed by atoms with E-state index in [9.17, 15) is 0 Å². The molecule has 128 valence electrons. The largest absolute Gasteiger partial charge is 0.362 e. The molecule has 4 heteroatoms. The van der Waals surface area contributed by atoms with E-state index in [2.05, 4.69) is 71.8 Å². The summed E-state index contributed by atoms with van der Waals surface area (Å²) in [6.45, 7) is 2.77. The fraction of sp³-hybridized carbons (Fsp3) is 0.182. The van der Waals surface area contributed by atoms with Crippen molar-refractivity contribution in [2.24, 2.45) is 0 Å². The van der Waals surface area contributed by atoms with Crippen LogP contribution >= 0.6 is 0 Å². The molecule has 0 N–H and O–H groups in total. The number of hydrogen-bond donors (Lipinski definition) is 0. The number of aryl methyl sites for hydroxylation is 1. The zero-order valence-electron chi connectivity index (χ0n) is 14.5. The average Bonchev–Trinajstić information content (AvgIpc) is 3.37. The monoisotopic (exact) mass is 341 g/mol. The number of benzene rings is 3. The first kappa shape index (κ1) is 15.3. The molecule has 1 fully saturated rings. The van der Waals surface area contributed by atoms with Gasteiger partial charge in [-0.1, -0.05) is 77.5 Å². The van der Waals surface area contributed by atoms with Gasteiger partial charge in [-0.2, -0.15) is 0 Å². The second-order valence-corrected chi connectivity index (χ2v) is 6.88. The van der Waals surface area contributed by atoms with Crippen molar-refractivity contribution in [3.05, 3.63) is 95.6 Å². The Balaban J connectivity index is 1.72. The molecule has 0 amide bonds. The minimum absolute atomic E-state index is 0.0705. The zero-order chi connectivity index (χ0) is 17.6. The lowest BCUT2D eigenvalue weighted by atomic mass is 9.87. The average molecular weight is 341 g/mol. The van der Waals surface area contributed by atoms with Gasteiger partial charge in [-0.25, -0.2) is 4.68 Å². The van der Waals surface area contributed by atoms with Gasteiger partial charge in [-0.05, 0) is 30.2 Å². The van der Waals surface area contributed by atoms with E-state index in [-0.39, 0.29) is 6.04 Å². The Labute approximate surface area is 152 Å². The fourth-order valence-corrected chi connectivity index (χ4v) is 3.72. The maximum Gasteiger partial charge on any atom is 0.143 e. The summed E-state index contributed by atoms with van der Waals surface area (Å²) in [7, 11) is 0. The van der Waals surface area contributed by atoms with E-state index >= 15 is 0 Å². The van der Waals surface area contributed by atoms with Crippen LogP contribution in [0.4, 0.5) is 0 Å². The Hall–Kier alpha value is -2.98. The number of nitrogens with zero attached hydrogens (tertiary/aromatic N) is 3. The van der Waals surface area contributed by atoms with Crippen LogP contribution in [-0.2, 0) is 10.3 Å². The Bertz CT molecular complexity index is 1050. The summed E-state index contributed by atoms with van der Waals surface area (Å²) in [5.74, 6) is 0. The van der Waals surface area contributed by atoms with Gasteiger partial charge in [-0.15, -0.1) is 5.10 Å². The molecule has 1 aliphatic heterocycles. The van der Waals surface area contributed by atoms with Crippen molar-refractivity contribution in [1.29, 1.82) is 0 Å². The first-order valence-corrected chi connectivity index (χ1v) is 8.84. The van der Waals surface area contributed by atoms with Crippen LogP contribution in [-0.4, -0.2) is 21.6 Å². The second kappa shape index (κ2) is 5.78. The fourth-order valence-electron chi connectivity index (χ4n) is 3.72. The second-order valence-electron chi connectivity index (χ2n) is 6.88. The van der Waals surface area contributed by atoms with Crippen LogP contribution in [0, 0.1) is 6.92 Å². The molecule has 26 heavy (non-hydrogen) atoms. The zero-order valence-corrected chi connectivity index (χ0v) is 14.5. The van der Waals surface area contributed by atoms with Crippen molar-refractivity contribution in [2.75, 3.05) is 6.61 Å². The van der Waals surface area contributed by atoms with Crippen LogP contribution in [0.2, 0.25) is 0 Å². The molecule has 0 aliphatic carbocycles. The third-order valence-electron chi connectivity index (χ3n) is 5.17. The van der Waals surface area contributed by atoms with Crippen molar-refractivity contribution in [1.82, 2.24) is 15.0 Å². The van der Waals surface area contributed by atoms with Gasteiger partial charge >= 0.3 is 0 Å². The van der Waals surface area contributed by atoms with E-state index < -0.39 is 5.60 Å². The highest BCUT2D eigenvalue weighted by molar-refractivity contribution is 5.74. The van der Waals surface area contributed by atoms with E-state index in [4.69, 9.17) is 4.74 Å². The first-order valence-electron chi connectivity index (χ1n) is 8.84. The van der Waals surface area contributed by atoms with Crippen LogP contribution in [0.1, 0.15) is 22.7 Å². The third kappa shape index (κ3) is 2.34. The molecule has 1 saturated heterocycles. The van der Waals surface area contributed by atoms with Crippen molar-refractivity contribution in [3.63, 3.8) is 0 Å². The molecule has 2 atom stereocenters. The molecule has 2 unspecified atom stereocenters. The van der Waals surface area contributed by atoms with Gasteiger partial charge in [0.2, 0.25) is 0 Å². The number of epoxide rings is 1. The highest BCUT2D eigenvalue weighted by Gasteiger charge is 2.55. The van der Waals surface area contributed by atoms with Gasteiger partial charge in [-0.3, -0.25) is 0 Å². The minimum atomic E-state index is -0.411. The molecule has 2 heterocycles. The van der Waals surface area contributed by atoms with E-state index in [1.807, 2.05) is 28.9 Å². The molecule has 0 spiro atoms. The third-order valence-corrected chi connectivity index (χ3v) is 5.17. The molecule has 4 aromatic rings. The number of para-hydroxylation sites is 1. The van der Waals surface area contributed by atoms with Crippen LogP contribution in [0.15, 0.2) is 78.9 Å². The normalized spacial score (nSPS) is 20.2. The SMILES string of the molecule is Cc1ccc(C2(C(c3ccccc3)n3nnc4ccccc43)CO2)cc1. The van der Waals surface area contributed by atoms with Gasteiger partial charge in [0.05, 0.1) is 12.1 Å². The highest BCUT2D eigenvalue weighted by atomic mass is 16.6. The van der Waals surface area contributed by atoms with Gasteiger partial charge in [0.15, 0.2) is 0 Å². The summed E-state index contributed by atoms with van der Waals surface area (Å²) in [4.78, 5) is 0. The van der Waals surface area contributed by atoms with Crippen LogP contribution < -0.4 is 0 Å². The molecule has 3 aromatic carbocycles. The quantitative estimate of drug-likeness (QED) is 0.521. The molecular weight excluding hydrogens is 322 g/mol. The van der Waals surface area contributed by atoms with E-state index in [1.165, 1.54) is 16.7 Å². The predicted molar refractivity (Wildman–Crippen MR) is 101 cm³/mol. The lowest BCUT2D eigenvalue weighted by molar-refractivity contribution is 0.235. The predicted octanol–water partition coefficient (Wildman–Crippen LogP) is 4.25. The molecule has 4 nitrogen and oxygen atoms in total. The molecule has 0 saturated carbocycles. The smallest absolute Gasteiger partial charge is 0.143 e. The Kier molecular flexibility index (Phi) is 3.40. The van der Waals surface area contributed by atoms with Crippen LogP contribution in [0.5, 0.6) is 0 Å². The molecule has 5 rings (SSSR count). The summed E-state index contributed by atoms with van der Waals surface area (Å²) >= 11 is 0. The molecular formula is C22H19N3O. The lowest BCUT2D eigenvalue weighted by Crippen LogP contribution is -2.28. The molecule has 0 bridgehead atoms. The standard InChI is InChI=1S/C22H19N3O/c1-16-11-13-18(14-12-16)22(15-26-22)21(17-7-3-2-4-8-17)25-20-10-6-5-9-19(20)23-24-25/h2-14,21H,15H2,1H3. The number of rotatable bonds is 4. The van der Waals surface area contributed by atoms with Crippen LogP contribution in [0.25, 0.3) is 11.0 Å². The number of fused-ring (bicyclic) bond motifs is 1. The van der Waals surface area contributed by atoms with Gasteiger partial charge in [0.1, 0.15) is 17.2 Å². The molecule has 0 radical (unpaired) electrons. The maximum atomic E-state index is 6.12. The van der Waals surface area contributed by atoms with Gasteiger partial charge in [0.25, 0.3) is 0 Å². The lowest BCUT2D eigenvalue weighted by Gasteiger charge is -2.26. The minimum Gasteiger partial charge on any atom is -0.362 e. The highest BCUT2D eigenvalue weighted by Crippen LogP contribution is 2.51. The Morgan fingerprint density at radius 2 is 1.62 bits per heavy atom. The Morgan fingerprint density at radius 3 is 2.35 bits per heavy atom.